The Kier molecular flexibility index (Phi) is 11.2. The summed E-state index contributed by atoms with van der Waals surface area (Å²) in [5.41, 5.74) is 0. The molecule has 0 aliphatic heterocycles. The highest BCUT2D eigenvalue weighted by atomic mass is 16.4. The zero-order valence-electron chi connectivity index (χ0n) is 13.5. The molecule has 0 aliphatic carbocycles. The Bertz CT molecular complexity index is 523. The van der Waals surface area contributed by atoms with Gasteiger partial charge in [0, 0.05) is 12.4 Å². The predicted octanol–water partition coefficient (Wildman–Crippen LogP) is -1.35. The van der Waals surface area contributed by atoms with Crippen LogP contribution in [-0.4, -0.2) is 65.3 Å². The number of urea groups is 1. The Morgan fingerprint density at radius 2 is 1.52 bits per heavy atom. The second-order valence-electron chi connectivity index (χ2n) is 5.16. The molecule has 0 aromatic heterocycles. The number of unbranched alkanes of at least 4 members (excludes halogenated alkanes) is 1. The van der Waals surface area contributed by atoms with Gasteiger partial charge in [0.05, 0.1) is 0 Å². The fourth-order valence-electron chi connectivity index (χ4n) is 1.88. The molecule has 0 fully saturated rings. The minimum atomic E-state index is -1.43. The molecule has 0 spiro atoms. The number of carbonyl (C=O) groups is 4. The van der Waals surface area contributed by atoms with Crippen molar-refractivity contribution in [3.8, 4) is 5.97 Å². The Morgan fingerprint density at radius 3 is 2.00 bits per heavy atom. The van der Waals surface area contributed by atoms with E-state index in [1.54, 1.807) is 0 Å². The number of nitrogens with one attached hydrogen (secondary N) is 3. The third kappa shape index (κ3) is 11.4. The van der Waals surface area contributed by atoms with Crippen molar-refractivity contribution in [2.24, 2.45) is 0 Å². The number of rotatable bonds is 13. The molecule has 2 amide bonds. The van der Waals surface area contributed by atoms with Gasteiger partial charge in [-0.05, 0) is 32.2 Å². The minimum absolute atomic E-state index is 0.129. The van der Waals surface area contributed by atoms with Gasteiger partial charge < -0.3 is 31.2 Å². The van der Waals surface area contributed by atoms with Crippen LogP contribution in [0.25, 0.3) is 0 Å². The lowest BCUT2D eigenvalue weighted by atomic mass is 9.98. The zero-order chi connectivity index (χ0) is 19.2. The summed E-state index contributed by atoms with van der Waals surface area (Å²) in [6.45, 7) is 0.530. The highest BCUT2D eigenvalue weighted by Crippen LogP contribution is 2.02. The van der Waals surface area contributed by atoms with Gasteiger partial charge in [0.1, 0.15) is 12.1 Å². The second kappa shape index (κ2) is 12.6. The Balaban J connectivity index is 4.37. The van der Waals surface area contributed by atoms with Crippen LogP contribution in [0.4, 0.5) is 4.79 Å². The van der Waals surface area contributed by atoms with E-state index in [4.69, 9.17) is 20.6 Å². The molecule has 0 aliphatic rings. The maximum atomic E-state index is 11.7. The van der Waals surface area contributed by atoms with Crippen LogP contribution in [0.2, 0.25) is 0 Å². The van der Waals surface area contributed by atoms with Crippen molar-refractivity contribution in [3.05, 3.63) is 0 Å². The van der Waals surface area contributed by atoms with Crippen molar-refractivity contribution >= 4 is 31.4 Å². The number of carbonyl (C=O) groups excluding carboxylic acids is 1. The lowest BCUT2D eigenvalue weighted by Gasteiger charge is -2.18. The third-order valence-corrected chi connectivity index (χ3v) is 3.15. The Labute approximate surface area is 144 Å². The third-order valence-electron chi connectivity index (χ3n) is 3.15. The number of amides is 2. The van der Waals surface area contributed by atoms with Gasteiger partial charge in [-0.25, -0.2) is 19.6 Å². The number of carboxylic acids is 3. The lowest BCUT2D eigenvalue weighted by molar-refractivity contribution is -0.140. The molecule has 25 heavy (non-hydrogen) atoms. The van der Waals surface area contributed by atoms with E-state index >= 15 is 0 Å². The molecule has 12 heteroatoms. The molecule has 0 aromatic carbocycles. The van der Waals surface area contributed by atoms with Crippen LogP contribution >= 0.6 is 0 Å². The van der Waals surface area contributed by atoms with Crippen LogP contribution < -0.4 is 15.9 Å². The minimum Gasteiger partial charge on any atom is -0.481 e. The van der Waals surface area contributed by atoms with Gasteiger partial charge in [-0.1, -0.05) is 0 Å². The van der Waals surface area contributed by atoms with E-state index in [9.17, 15) is 19.2 Å². The average Bonchev–Trinajstić information content (AvgIpc) is 2.52. The van der Waals surface area contributed by atoms with E-state index in [1.807, 2.05) is 5.97 Å². The first kappa shape index (κ1) is 22.2. The predicted molar refractivity (Wildman–Crippen MR) is 86.0 cm³/mol. The molecule has 0 saturated heterocycles. The van der Waals surface area contributed by atoms with Crippen LogP contribution in [0.3, 0.4) is 0 Å². The smallest absolute Gasteiger partial charge is 0.328 e. The molecule has 2 atom stereocenters. The highest BCUT2D eigenvalue weighted by molar-refractivity contribution is 6.42. The molecular weight excluding hydrogens is 335 g/mol. The van der Waals surface area contributed by atoms with Crippen LogP contribution in [0.5, 0.6) is 0 Å². The SMILES string of the molecule is N#CBNCCCCC(NC(=O)NC(CCC(=O)O)C(=O)O)C(=O)O. The van der Waals surface area contributed by atoms with Crippen LogP contribution in [0.1, 0.15) is 32.1 Å². The van der Waals surface area contributed by atoms with Crippen LogP contribution in [0.15, 0.2) is 0 Å². The second-order valence-corrected chi connectivity index (χ2v) is 5.16. The first-order valence-electron chi connectivity index (χ1n) is 7.60. The molecule has 11 nitrogen and oxygen atoms in total. The maximum absolute atomic E-state index is 11.7. The van der Waals surface area contributed by atoms with E-state index < -0.39 is 42.4 Å². The van der Waals surface area contributed by atoms with Crippen molar-refractivity contribution in [1.29, 1.82) is 5.26 Å². The Morgan fingerprint density at radius 1 is 0.960 bits per heavy atom. The number of nitrogens with zero attached hydrogens (tertiary/aromatic N) is 1. The summed E-state index contributed by atoms with van der Waals surface area (Å²) in [6, 6.07) is -3.63. The normalized spacial score (nSPS) is 12.3. The number of hydrogen-bond donors (Lipinski definition) is 6. The molecule has 0 aromatic rings. The van der Waals surface area contributed by atoms with Gasteiger partial charge in [-0.15, -0.1) is 0 Å². The topological polar surface area (TPSA) is 189 Å². The molecule has 0 rings (SSSR count). The fraction of sp³-hybridized carbons (Fsp3) is 0.615. The number of hydrogen-bond acceptors (Lipinski definition) is 6. The van der Waals surface area contributed by atoms with E-state index in [0.29, 0.717) is 19.4 Å². The van der Waals surface area contributed by atoms with E-state index in [0.717, 1.165) is 0 Å². The average molecular weight is 356 g/mol. The number of carboxylic acid groups (broad SMARTS) is 3. The molecule has 0 radical (unpaired) electrons. The first-order valence-corrected chi connectivity index (χ1v) is 7.60. The van der Waals surface area contributed by atoms with Gasteiger partial charge in [0.2, 0.25) is 0 Å². The molecular formula is C13H21BN4O7. The number of aliphatic carboxylic acids is 3. The van der Waals surface area contributed by atoms with E-state index in [2.05, 4.69) is 15.9 Å². The standard InChI is InChI=1S/C13H21BN4O7/c15-7-14-16-6-2-1-3-8(11(21)22)17-13(25)18-9(12(23)24)4-5-10(19)20/h8-9,14,16H,1-6H2,(H,19,20)(H,21,22)(H,23,24)(H2,17,18,25). The first-order chi connectivity index (χ1) is 11.8. The summed E-state index contributed by atoms with van der Waals surface area (Å²) in [7, 11) is 0.190. The molecule has 0 saturated carbocycles. The highest BCUT2D eigenvalue weighted by Gasteiger charge is 2.24. The van der Waals surface area contributed by atoms with Crippen LogP contribution in [0, 0.1) is 11.2 Å². The van der Waals surface area contributed by atoms with Crippen molar-refractivity contribution in [1.82, 2.24) is 15.9 Å². The summed E-state index contributed by atoms with van der Waals surface area (Å²) in [5, 5.41) is 41.9. The zero-order valence-corrected chi connectivity index (χ0v) is 13.5. The summed E-state index contributed by atoms with van der Waals surface area (Å²) in [6.07, 6.45) is 0.432. The van der Waals surface area contributed by atoms with Crippen molar-refractivity contribution < 1.29 is 34.5 Å². The lowest BCUT2D eigenvalue weighted by Crippen LogP contribution is -2.51. The van der Waals surface area contributed by atoms with Gasteiger partial charge in [0.15, 0.2) is 0 Å². The van der Waals surface area contributed by atoms with E-state index in [1.165, 1.54) is 0 Å². The summed E-state index contributed by atoms with van der Waals surface area (Å²) < 4.78 is 0. The molecule has 6 N–H and O–H groups in total. The molecule has 0 bridgehead atoms. The maximum Gasteiger partial charge on any atom is 0.328 e. The van der Waals surface area contributed by atoms with Crippen molar-refractivity contribution in [3.63, 3.8) is 0 Å². The fourth-order valence-corrected chi connectivity index (χ4v) is 1.88. The van der Waals surface area contributed by atoms with Gasteiger partial charge in [-0.3, -0.25) is 4.79 Å². The summed E-state index contributed by atoms with van der Waals surface area (Å²) in [5.74, 6) is -1.98. The quantitative estimate of drug-likeness (QED) is 0.171. The van der Waals surface area contributed by atoms with Crippen LogP contribution in [-0.2, 0) is 14.4 Å². The van der Waals surface area contributed by atoms with Crippen molar-refractivity contribution in [2.75, 3.05) is 6.54 Å². The van der Waals surface area contributed by atoms with Crippen molar-refractivity contribution in [2.45, 2.75) is 44.2 Å². The summed E-state index contributed by atoms with van der Waals surface area (Å²) >= 11 is 0. The molecule has 138 valence electrons. The van der Waals surface area contributed by atoms with Gasteiger partial charge in [-0.2, -0.15) is 0 Å². The molecule has 0 heterocycles. The molecule has 2 unspecified atom stereocenters. The van der Waals surface area contributed by atoms with E-state index in [-0.39, 0.29) is 20.3 Å². The van der Waals surface area contributed by atoms with Gasteiger partial charge in [0.25, 0.3) is 0 Å². The largest absolute Gasteiger partial charge is 0.481 e. The Hall–Kier alpha value is -2.81. The van der Waals surface area contributed by atoms with Gasteiger partial charge >= 0.3 is 31.4 Å². The monoisotopic (exact) mass is 356 g/mol. The number of nitriles is 1. The summed E-state index contributed by atoms with van der Waals surface area (Å²) in [4.78, 5) is 44.3.